The largest absolute Gasteiger partial charge is 0.493 e. The quantitative estimate of drug-likeness (QED) is 0.882. The van der Waals surface area contributed by atoms with Crippen molar-refractivity contribution in [2.75, 3.05) is 14.2 Å². The molecule has 1 aliphatic rings. The molecule has 1 aromatic rings. The van der Waals surface area contributed by atoms with Crippen LogP contribution in [0.4, 0.5) is 8.78 Å². The molecule has 1 aromatic carbocycles. The Labute approximate surface area is 105 Å². The zero-order valence-corrected chi connectivity index (χ0v) is 10.5. The molecule has 0 aromatic heterocycles. The molecule has 3 nitrogen and oxygen atoms in total. The van der Waals surface area contributed by atoms with Crippen LogP contribution in [0.15, 0.2) is 12.1 Å². The minimum atomic E-state index is -2.53. The number of alkyl halides is 2. The summed E-state index contributed by atoms with van der Waals surface area (Å²) in [6.45, 7) is 0. The van der Waals surface area contributed by atoms with Crippen molar-refractivity contribution in [3.8, 4) is 11.5 Å². The second-order valence-electron chi connectivity index (χ2n) is 4.76. The van der Waals surface area contributed by atoms with Crippen molar-refractivity contribution in [3.05, 3.63) is 23.3 Å². The summed E-state index contributed by atoms with van der Waals surface area (Å²) in [5.74, 6) is 0.827. The van der Waals surface area contributed by atoms with Crippen LogP contribution in [0.5, 0.6) is 11.5 Å². The summed E-state index contributed by atoms with van der Waals surface area (Å²) in [5.41, 5.74) is 6.40. The van der Waals surface area contributed by atoms with E-state index < -0.39 is 6.43 Å². The molecular formula is C13H17F2NO2. The van der Waals surface area contributed by atoms with Gasteiger partial charge in [0.2, 0.25) is 0 Å². The average Bonchev–Trinajstić information content (AvgIpc) is 3.05. The van der Waals surface area contributed by atoms with Gasteiger partial charge in [0.25, 0.3) is 6.43 Å². The van der Waals surface area contributed by atoms with E-state index in [1.165, 1.54) is 26.4 Å². The Hall–Kier alpha value is -1.36. The third-order valence-corrected chi connectivity index (χ3v) is 3.26. The van der Waals surface area contributed by atoms with Crippen molar-refractivity contribution in [2.45, 2.75) is 31.2 Å². The molecule has 100 valence electrons. The molecule has 1 saturated carbocycles. The number of hydrogen-bond acceptors (Lipinski definition) is 3. The Morgan fingerprint density at radius 1 is 1.28 bits per heavy atom. The van der Waals surface area contributed by atoms with Gasteiger partial charge in [-0.2, -0.15) is 0 Å². The van der Waals surface area contributed by atoms with E-state index in [4.69, 9.17) is 15.2 Å². The molecule has 0 unspecified atom stereocenters. The Balaban J connectivity index is 2.42. The SMILES string of the molecule is COc1cc(C(F)F)cc(CC2(N)CC2)c1OC. The Morgan fingerprint density at radius 3 is 2.39 bits per heavy atom. The second kappa shape index (κ2) is 4.72. The van der Waals surface area contributed by atoms with E-state index in [1.54, 1.807) is 0 Å². The van der Waals surface area contributed by atoms with Gasteiger partial charge in [-0.3, -0.25) is 0 Å². The van der Waals surface area contributed by atoms with Crippen LogP contribution in [0.3, 0.4) is 0 Å². The van der Waals surface area contributed by atoms with Crippen molar-refractivity contribution in [1.29, 1.82) is 0 Å². The van der Waals surface area contributed by atoms with Gasteiger partial charge in [0.05, 0.1) is 14.2 Å². The van der Waals surface area contributed by atoms with E-state index in [0.717, 1.165) is 12.8 Å². The lowest BCUT2D eigenvalue weighted by Gasteiger charge is -2.17. The van der Waals surface area contributed by atoms with Gasteiger partial charge >= 0.3 is 0 Å². The normalized spacial score (nSPS) is 16.8. The first-order valence-corrected chi connectivity index (χ1v) is 5.81. The molecule has 0 aliphatic heterocycles. The first-order valence-electron chi connectivity index (χ1n) is 5.81. The van der Waals surface area contributed by atoms with Crippen LogP contribution in [0.2, 0.25) is 0 Å². The molecule has 0 radical (unpaired) electrons. The van der Waals surface area contributed by atoms with Gasteiger partial charge < -0.3 is 15.2 Å². The van der Waals surface area contributed by atoms with Crippen molar-refractivity contribution < 1.29 is 18.3 Å². The molecule has 5 heteroatoms. The van der Waals surface area contributed by atoms with Crippen LogP contribution in [0.1, 0.15) is 30.4 Å². The van der Waals surface area contributed by atoms with Gasteiger partial charge in [0.1, 0.15) is 0 Å². The summed E-state index contributed by atoms with van der Waals surface area (Å²) in [6, 6.07) is 2.77. The number of methoxy groups -OCH3 is 2. The highest BCUT2D eigenvalue weighted by Gasteiger charge is 2.39. The van der Waals surface area contributed by atoms with Crippen LogP contribution in [-0.2, 0) is 6.42 Å². The second-order valence-corrected chi connectivity index (χ2v) is 4.76. The molecule has 18 heavy (non-hydrogen) atoms. The van der Waals surface area contributed by atoms with Crippen molar-refractivity contribution in [2.24, 2.45) is 5.73 Å². The van der Waals surface area contributed by atoms with Gasteiger partial charge in [-0.1, -0.05) is 0 Å². The number of hydrogen-bond donors (Lipinski definition) is 1. The monoisotopic (exact) mass is 257 g/mol. The lowest BCUT2D eigenvalue weighted by molar-refractivity contribution is 0.150. The molecule has 2 rings (SSSR count). The van der Waals surface area contributed by atoms with Crippen molar-refractivity contribution >= 4 is 0 Å². The van der Waals surface area contributed by atoms with E-state index in [1.807, 2.05) is 0 Å². The number of halogens is 2. The van der Waals surface area contributed by atoms with Crippen LogP contribution in [-0.4, -0.2) is 19.8 Å². The van der Waals surface area contributed by atoms with E-state index >= 15 is 0 Å². The average molecular weight is 257 g/mol. The number of rotatable bonds is 5. The van der Waals surface area contributed by atoms with E-state index in [-0.39, 0.29) is 11.1 Å². The lowest BCUT2D eigenvalue weighted by Crippen LogP contribution is -2.25. The zero-order chi connectivity index (χ0) is 13.3. The van der Waals surface area contributed by atoms with Crippen LogP contribution in [0.25, 0.3) is 0 Å². The van der Waals surface area contributed by atoms with Crippen LogP contribution >= 0.6 is 0 Å². The first-order chi connectivity index (χ1) is 8.49. The molecule has 0 saturated heterocycles. The van der Waals surface area contributed by atoms with E-state index in [9.17, 15) is 8.78 Å². The fourth-order valence-electron chi connectivity index (χ4n) is 2.04. The standard InChI is InChI=1S/C13H17F2NO2/c1-17-10-6-8(12(14)15)5-9(11(10)18-2)7-13(16)3-4-13/h5-6,12H,3-4,7,16H2,1-2H3. The van der Waals surface area contributed by atoms with Gasteiger partial charge in [0, 0.05) is 16.7 Å². The maximum atomic E-state index is 12.8. The third-order valence-electron chi connectivity index (χ3n) is 3.26. The highest BCUT2D eigenvalue weighted by atomic mass is 19.3. The van der Waals surface area contributed by atoms with Crippen LogP contribution < -0.4 is 15.2 Å². The van der Waals surface area contributed by atoms with Gasteiger partial charge in [-0.25, -0.2) is 8.78 Å². The predicted octanol–water partition coefficient (Wildman–Crippen LogP) is 2.68. The highest BCUT2D eigenvalue weighted by Crippen LogP contribution is 2.42. The molecule has 2 N–H and O–H groups in total. The van der Waals surface area contributed by atoms with Crippen LogP contribution in [0, 0.1) is 0 Å². The first kappa shape index (κ1) is 13.1. The Bertz CT molecular complexity index is 445. The maximum Gasteiger partial charge on any atom is 0.263 e. The summed E-state index contributed by atoms with van der Waals surface area (Å²) in [5, 5.41) is 0. The molecule has 1 fully saturated rings. The molecular weight excluding hydrogens is 240 g/mol. The topological polar surface area (TPSA) is 44.5 Å². The minimum Gasteiger partial charge on any atom is -0.493 e. The zero-order valence-electron chi connectivity index (χ0n) is 10.5. The fourth-order valence-corrected chi connectivity index (χ4v) is 2.04. The van der Waals surface area contributed by atoms with E-state index in [2.05, 4.69) is 0 Å². The third kappa shape index (κ3) is 2.56. The molecule has 0 heterocycles. The van der Waals surface area contributed by atoms with Gasteiger partial charge in [-0.15, -0.1) is 0 Å². The molecule has 0 amide bonds. The summed E-state index contributed by atoms with van der Waals surface area (Å²) >= 11 is 0. The smallest absolute Gasteiger partial charge is 0.263 e. The van der Waals surface area contributed by atoms with E-state index in [0.29, 0.717) is 23.5 Å². The highest BCUT2D eigenvalue weighted by molar-refractivity contribution is 5.50. The number of nitrogens with two attached hydrogens (primary N) is 1. The Kier molecular flexibility index (Phi) is 3.43. The summed E-state index contributed by atoms with van der Waals surface area (Å²) in [7, 11) is 2.94. The molecule has 0 spiro atoms. The van der Waals surface area contributed by atoms with Crippen molar-refractivity contribution in [3.63, 3.8) is 0 Å². The predicted molar refractivity (Wildman–Crippen MR) is 64.4 cm³/mol. The summed E-state index contributed by atoms with van der Waals surface area (Å²) in [4.78, 5) is 0. The molecule has 0 atom stereocenters. The molecule has 0 bridgehead atoms. The lowest BCUT2D eigenvalue weighted by atomic mass is 10.0. The number of ether oxygens (including phenoxy) is 2. The van der Waals surface area contributed by atoms with Gasteiger partial charge in [0.15, 0.2) is 11.5 Å². The Morgan fingerprint density at radius 2 is 1.94 bits per heavy atom. The number of benzene rings is 1. The summed E-state index contributed by atoms with van der Waals surface area (Å²) < 4.78 is 36.0. The maximum absolute atomic E-state index is 12.8. The molecule has 1 aliphatic carbocycles. The van der Waals surface area contributed by atoms with Gasteiger partial charge in [-0.05, 0) is 31.4 Å². The summed E-state index contributed by atoms with van der Waals surface area (Å²) in [6.07, 6.45) is -0.168. The van der Waals surface area contributed by atoms with Crippen molar-refractivity contribution in [1.82, 2.24) is 0 Å². The fraction of sp³-hybridized carbons (Fsp3) is 0.538. The minimum absolute atomic E-state index is 0.0631.